The summed E-state index contributed by atoms with van der Waals surface area (Å²) < 4.78 is 5.21. The molecule has 0 aromatic heterocycles. The number of ether oxygens (including phenoxy) is 1. The number of esters is 1. The van der Waals surface area contributed by atoms with Crippen molar-refractivity contribution in [2.75, 3.05) is 6.61 Å². The van der Waals surface area contributed by atoms with Crippen molar-refractivity contribution in [3.8, 4) is 0 Å². The molecule has 0 aliphatic carbocycles. The first-order valence-electron chi connectivity index (χ1n) is 7.70. The third kappa shape index (κ3) is 9.26. The van der Waals surface area contributed by atoms with E-state index in [1.807, 2.05) is 0 Å². The third-order valence-corrected chi connectivity index (χ3v) is 3.45. The van der Waals surface area contributed by atoms with E-state index in [9.17, 15) is 4.79 Å². The van der Waals surface area contributed by atoms with E-state index in [0.717, 1.165) is 12.8 Å². The molecule has 1 rings (SSSR count). The Morgan fingerprint density at radius 1 is 0.722 bits per heavy atom. The lowest BCUT2D eigenvalue weighted by atomic mass is 10.1. The van der Waals surface area contributed by atoms with Gasteiger partial charge >= 0.3 is 5.97 Å². The van der Waals surface area contributed by atoms with Gasteiger partial charge in [0.25, 0.3) is 0 Å². The van der Waals surface area contributed by atoms with E-state index >= 15 is 0 Å². The number of hydrogen-bond donors (Lipinski definition) is 0. The molecule has 1 heterocycles. The van der Waals surface area contributed by atoms with E-state index < -0.39 is 0 Å². The van der Waals surface area contributed by atoms with Gasteiger partial charge in [0.2, 0.25) is 0 Å². The molecule has 1 aliphatic rings. The molecule has 18 heavy (non-hydrogen) atoms. The van der Waals surface area contributed by atoms with Gasteiger partial charge in [0.05, 0.1) is 6.61 Å². The zero-order chi connectivity index (χ0) is 12.9. The molecule has 0 fully saturated rings. The molecule has 0 saturated carbocycles. The van der Waals surface area contributed by atoms with Gasteiger partial charge in [-0.2, -0.15) is 0 Å². The van der Waals surface area contributed by atoms with Gasteiger partial charge in [-0.05, 0) is 38.5 Å². The van der Waals surface area contributed by atoms with Crippen LogP contribution in [-0.2, 0) is 9.53 Å². The molecule has 0 bridgehead atoms. The summed E-state index contributed by atoms with van der Waals surface area (Å²) in [4.78, 5) is 11.4. The van der Waals surface area contributed by atoms with E-state index in [1.165, 1.54) is 57.8 Å². The molecule has 0 atom stereocenters. The topological polar surface area (TPSA) is 26.3 Å². The summed E-state index contributed by atoms with van der Waals surface area (Å²) in [6, 6.07) is 0. The Kier molecular flexibility index (Phi) is 9.59. The van der Waals surface area contributed by atoms with Crippen LogP contribution in [-0.4, -0.2) is 12.6 Å². The summed E-state index contributed by atoms with van der Waals surface area (Å²) >= 11 is 0. The molecule has 2 nitrogen and oxygen atoms in total. The van der Waals surface area contributed by atoms with Gasteiger partial charge in [-0.1, -0.05) is 44.3 Å². The Morgan fingerprint density at radius 2 is 1.28 bits per heavy atom. The number of rotatable bonds is 0. The summed E-state index contributed by atoms with van der Waals surface area (Å²) in [6.45, 7) is 0.620. The Morgan fingerprint density at radius 3 is 2.00 bits per heavy atom. The Bertz CT molecular complexity index is 211. The maximum atomic E-state index is 11.4. The highest BCUT2D eigenvalue weighted by molar-refractivity contribution is 5.69. The predicted molar refractivity (Wildman–Crippen MR) is 75.5 cm³/mol. The third-order valence-electron chi connectivity index (χ3n) is 3.45. The maximum absolute atomic E-state index is 11.4. The van der Waals surface area contributed by atoms with Crippen molar-refractivity contribution in [3.05, 3.63) is 12.2 Å². The molecular weight excluding hydrogens is 224 g/mol. The van der Waals surface area contributed by atoms with Crippen LogP contribution in [0.5, 0.6) is 0 Å². The number of carbonyl (C=O) groups excluding carboxylic acids is 1. The highest BCUT2D eigenvalue weighted by Gasteiger charge is 2.02. The summed E-state index contributed by atoms with van der Waals surface area (Å²) in [6.07, 6.45) is 18.4. The van der Waals surface area contributed by atoms with E-state index in [2.05, 4.69) is 12.2 Å². The van der Waals surface area contributed by atoms with Gasteiger partial charge < -0.3 is 4.74 Å². The molecule has 1 aliphatic heterocycles. The van der Waals surface area contributed by atoms with Crippen LogP contribution in [0.15, 0.2) is 12.2 Å². The second-order valence-electron chi connectivity index (χ2n) is 5.20. The average Bonchev–Trinajstić information content (AvgIpc) is 2.37. The summed E-state index contributed by atoms with van der Waals surface area (Å²) in [5.41, 5.74) is 0. The Hall–Kier alpha value is -0.790. The van der Waals surface area contributed by atoms with Crippen LogP contribution in [0.25, 0.3) is 0 Å². The number of hydrogen-bond acceptors (Lipinski definition) is 2. The van der Waals surface area contributed by atoms with Crippen LogP contribution in [0.4, 0.5) is 0 Å². The van der Waals surface area contributed by atoms with Crippen LogP contribution >= 0.6 is 0 Å². The second kappa shape index (κ2) is 11.3. The monoisotopic (exact) mass is 252 g/mol. The van der Waals surface area contributed by atoms with Crippen molar-refractivity contribution in [2.24, 2.45) is 0 Å². The molecule has 104 valence electrons. The lowest BCUT2D eigenvalue weighted by Gasteiger charge is -2.04. The zero-order valence-corrected chi connectivity index (χ0v) is 11.7. The van der Waals surface area contributed by atoms with Crippen molar-refractivity contribution in [2.45, 2.75) is 77.0 Å². The van der Waals surface area contributed by atoms with Gasteiger partial charge in [-0.25, -0.2) is 0 Å². The normalized spacial score (nSPS) is 22.1. The lowest BCUT2D eigenvalue weighted by Crippen LogP contribution is -2.05. The fourth-order valence-corrected chi connectivity index (χ4v) is 2.27. The zero-order valence-electron chi connectivity index (χ0n) is 11.7. The van der Waals surface area contributed by atoms with Gasteiger partial charge in [0, 0.05) is 6.42 Å². The highest BCUT2D eigenvalue weighted by Crippen LogP contribution is 2.10. The number of carbonyl (C=O) groups is 1. The molecule has 0 radical (unpaired) electrons. The Balaban J connectivity index is 2.17. The van der Waals surface area contributed by atoms with E-state index in [0.29, 0.717) is 13.0 Å². The summed E-state index contributed by atoms with van der Waals surface area (Å²) in [5.74, 6) is 0.000910. The van der Waals surface area contributed by atoms with Crippen LogP contribution in [0, 0.1) is 0 Å². The Labute approximate surface area is 112 Å². The largest absolute Gasteiger partial charge is 0.466 e. The smallest absolute Gasteiger partial charge is 0.305 e. The highest BCUT2D eigenvalue weighted by atomic mass is 16.5. The van der Waals surface area contributed by atoms with Gasteiger partial charge in [0.1, 0.15) is 0 Å². The van der Waals surface area contributed by atoms with E-state index in [1.54, 1.807) is 0 Å². The molecule has 0 N–H and O–H groups in total. The fourth-order valence-electron chi connectivity index (χ4n) is 2.27. The van der Waals surface area contributed by atoms with Crippen molar-refractivity contribution in [1.29, 1.82) is 0 Å². The van der Waals surface area contributed by atoms with Gasteiger partial charge in [-0.3, -0.25) is 4.79 Å². The number of cyclic esters (lactones) is 1. The average molecular weight is 252 g/mol. The standard InChI is InChI=1S/C16H28O2/c17-16-14-12-10-8-6-4-2-1-3-5-7-9-11-13-15-18-16/h1,3H,2,4-15H2. The summed E-state index contributed by atoms with van der Waals surface area (Å²) in [5, 5.41) is 0. The van der Waals surface area contributed by atoms with Crippen molar-refractivity contribution in [1.82, 2.24) is 0 Å². The van der Waals surface area contributed by atoms with Crippen LogP contribution in [0.1, 0.15) is 77.0 Å². The minimum absolute atomic E-state index is 0.000910. The van der Waals surface area contributed by atoms with Crippen molar-refractivity contribution in [3.63, 3.8) is 0 Å². The fraction of sp³-hybridized carbons (Fsp3) is 0.812. The van der Waals surface area contributed by atoms with Crippen LogP contribution in [0.2, 0.25) is 0 Å². The quantitative estimate of drug-likeness (QED) is 0.458. The van der Waals surface area contributed by atoms with Gasteiger partial charge in [-0.15, -0.1) is 0 Å². The molecule has 2 heteroatoms. The van der Waals surface area contributed by atoms with Crippen LogP contribution < -0.4 is 0 Å². The van der Waals surface area contributed by atoms with E-state index in [-0.39, 0.29) is 5.97 Å². The summed E-state index contributed by atoms with van der Waals surface area (Å²) in [7, 11) is 0. The predicted octanol–water partition coefficient (Wildman–Crippen LogP) is 4.78. The minimum atomic E-state index is 0.000910. The first-order valence-corrected chi connectivity index (χ1v) is 7.70. The molecule has 0 amide bonds. The number of allylic oxidation sites excluding steroid dienone is 2. The van der Waals surface area contributed by atoms with E-state index in [4.69, 9.17) is 4.74 Å². The molecule has 0 saturated heterocycles. The first kappa shape index (κ1) is 15.3. The first-order chi connectivity index (χ1) is 8.89. The molecule has 0 aromatic rings. The van der Waals surface area contributed by atoms with Crippen molar-refractivity contribution < 1.29 is 9.53 Å². The van der Waals surface area contributed by atoms with Gasteiger partial charge in [0.15, 0.2) is 0 Å². The van der Waals surface area contributed by atoms with Crippen molar-refractivity contribution >= 4 is 5.97 Å². The lowest BCUT2D eigenvalue weighted by molar-refractivity contribution is -0.143. The minimum Gasteiger partial charge on any atom is -0.466 e. The second-order valence-corrected chi connectivity index (χ2v) is 5.20. The SMILES string of the molecule is O=C1CCCCCCCC=CCCCCCCO1. The van der Waals surface area contributed by atoms with Crippen LogP contribution in [0.3, 0.4) is 0 Å². The molecular formula is C16H28O2. The molecule has 0 aromatic carbocycles. The maximum Gasteiger partial charge on any atom is 0.305 e. The molecule has 0 unspecified atom stereocenters. The molecule has 0 spiro atoms.